The smallest absolute Gasteiger partial charge is 0.122 e. The Labute approximate surface area is 130 Å². The highest BCUT2D eigenvalue weighted by Gasteiger charge is 2.28. The normalized spacial score (nSPS) is 19.1. The van der Waals surface area contributed by atoms with Crippen LogP contribution in [0.1, 0.15) is 51.9 Å². The molecule has 2 aromatic rings. The maximum Gasteiger partial charge on any atom is 0.122 e. The molecule has 0 spiro atoms. The van der Waals surface area contributed by atoms with Crippen molar-refractivity contribution in [1.29, 1.82) is 0 Å². The molecule has 0 fully saturated rings. The van der Waals surface area contributed by atoms with Crippen LogP contribution in [0.15, 0.2) is 23.6 Å². The lowest BCUT2D eigenvalue weighted by atomic mass is 9.79. The number of fused-ring (bicyclic) bond motifs is 1. The lowest BCUT2D eigenvalue weighted by Gasteiger charge is -2.29. The summed E-state index contributed by atoms with van der Waals surface area (Å²) in [4.78, 5) is 1.53. The topological polar surface area (TPSA) is 35.2 Å². The first-order valence-electron chi connectivity index (χ1n) is 7.58. The molecule has 2 atom stereocenters. The van der Waals surface area contributed by atoms with Gasteiger partial charge in [-0.1, -0.05) is 6.07 Å². The van der Waals surface area contributed by atoms with Crippen molar-refractivity contribution in [3.8, 4) is 5.75 Å². The van der Waals surface area contributed by atoms with Gasteiger partial charge < -0.3 is 10.5 Å². The van der Waals surface area contributed by atoms with Gasteiger partial charge in [0, 0.05) is 16.8 Å². The number of thiophene rings is 1. The minimum Gasteiger partial charge on any atom is -0.496 e. The molecule has 2 N–H and O–H groups in total. The van der Waals surface area contributed by atoms with Gasteiger partial charge in [0.05, 0.1) is 7.11 Å². The number of benzene rings is 1. The number of rotatable bonds is 3. The van der Waals surface area contributed by atoms with Crippen LogP contribution < -0.4 is 10.5 Å². The average molecular weight is 301 g/mol. The molecule has 1 aliphatic carbocycles. The molecular weight excluding hydrogens is 278 g/mol. The van der Waals surface area contributed by atoms with Gasteiger partial charge >= 0.3 is 0 Å². The van der Waals surface area contributed by atoms with E-state index in [0.717, 1.165) is 11.3 Å². The van der Waals surface area contributed by atoms with Crippen LogP contribution in [0.4, 0.5) is 0 Å². The zero-order valence-corrected chi connectivity index (χ0v) is 13.8. The van der Waals surface area contributed by atoms with E-state index in [9.17, 15) is 0 Å². The van der Waals surface area contributed by atoms with E-state index in [4.69, 9.17) is 10.5 Å². The minimum absolute atomic E-state index is 0.0725. The molecule has 21 heavy (non-hydrogen) atoms. The lowest BCUT2D eigenvalue weighted by molar-refractivity contribution is 0.410. The predicted octanol–water partition coefficient (Wildman–Crippen LogP) is 4.49. The van der Waals surface area contributed by atoms with Gasteiger partial charge in [0.2, 0.25) is 0 Å². The van der Waals surface area contributed by atoms with Gasteiger partial charge in [0.25, 0.3) is 0 Å². The molecule has 1 aromatic carbocycles. The van der Waals surface area contributed by atoms with E-state index >= 15 is 0 Å². The van der Waals surface area contributed by atoms with Crippen LogP contribution in [0.5, 0.6) is 5.75 Å². The summed E-state index contributed by atoms with van der Waals surface area (Å²) in [5.74, 6) is 1.40. The summed E-state index contributed by atoms with van der Waals surface area (Å²) in [5, 5.41) is 2.21. The molecule has 0 bridgehead atoms. The molecular formula is C18H23NOS. The van der Waals surface area contributed by atoms with Crippen molar-refractivity contribution in [2.75, 3.05) is 7.11 Å². The van der Waals surface area contributed by atoms with Crippen molar-refractivity contribution in [1.82, 2.24) is 0 Å². The van der Waals surface area contributed by atoms with E-state index in [-0.39, 0.29) is 6.04 Å². The van der Waals surface area contributed by atoms with Crippen molar-refractivity contribution < 1.29 is 4.74 Å². The summed E-state index contributed by atoms with van der Waals surface area (Å²) in [5.41, 5.74) is 11.8. The van der Waals surface area contributed by atoms with Crippen molar-refractivity contribution in [2.24, 2.45) is 5.73 Å². The van der Waals surface area contributed by atoms with Crippen molar-refractivity contribution >= 4 is 11.3 Å². The van der Waals surface area contributed by atoms with Gasteiger partial charge in [-0.15, -0.1) is 11.3 Å². The molecule has 112 valence electrons. The number of ether oxygens (including phenoxy) is 1. The Morgan fingerprint density at radius 1 is 1.29 bits per heavy atom. The van der Waals surface area contributed by atoms with Crippen LogP contribution in [-0.4, -0.2) is 7.11 Å². The quantitative estimate of drug-likeness (QED) is 0.906. The number of nitrogens with two attached hydrogens (primary N) is 1. The van der Waals surface area contributed by atoms with Gasteiger partial charge in [-0.25, -0.2) is 0 Å². The van der Waals surface area contributed by atoms with Gasteiger partial charge in [-0.2, -0.15) is 0 Å². The Morgan fingerprint density at radius 2 is 2.10 bits per heavy atom. The zero-order valence-electron chi connectivity index (χ0n) is 13.0. The van der Waals surface area contributed by atoms with Gasteiger partial charge in [0.15, 0.2) is 0 Å². The Balaban J connectivity index is 1.97. The average Bonchev–Trinajstić information content (AvgIpc) is 2.96. The highest BCUT2D eigenvalue weighted by atomic mass is 32.1. The van der Waals surface area contributed by atoms with E-state index in [2.05, 4.69) is 37.4 Å². The highest BCUT2D eigenvalue weighted by molar-refractivity contribution is 7.10. The van der Waals surface area contributed by atoms with Crippen LogP contribution in [0, 0.1) is 13.8 Å². The molecule has 0 radical (unpaired) electrons. The zero-order chi connectivity index (χ0) is 15.0. The lowest BCUT2D eigenvalue weighted by Crippen LogP contribution is -2.23. The summed E-state index contributed by atoms with van der Waals surface area (Å²) >= 11 is 1.88. The largest absolute Gasteiger partial charge is 0.496 e. The molecule has 0 amide bonds. The number of aryl methyl sites for hydroxylation is 3. The summed E-state index contributed by atoms with van der Waals surface area (Å²) in [7, 11) is 1.72. The molecule has 0 aliphatic heterocycles. The monoisotopic (exact) mass is 301 g/mol. The van der Waals surface area contributed by atoms with Crippen molar-refractivity contribution in [3.05, 3.63) is 50.7 Å². The van der Waals surface area contributed by atoms with Crippen LogP contribution in [-0.2, 0) is 6.42 Å². The third-order valence-corrected chi connectivity index (χ3v) is 5.67. The first-order chi connectivity index (χ1) is 10.1. The highest BCUT2D eigenvalue weighted by Crippen LogP contribution is 2.42. The first-order valence-corrected chi connectivity index (χ1v) is 8.46. The SMILES string of the molecule is COc1cc(C)c(C(N)C2CCCc3sccc32)cc1C. The predicted molar refractivity (Wildman–Crippen MR) is 89.4 cm³/mol. The van der Waals surface area contributed by atoms with E-state index in [1.54, 1.807) is 7.11 Å². The number of methoxy groups -OCH3 is 1. The van der Waals surface area contributed by atoms with Crippen LogP contribution in [0.2, 0.25) is 0 Å². The van der Waals surface area contributed by atoms with E-state index in [0.29, 0.717) is 5.92 Å². The summed E-state index contributed by atoms with van der Waals surface area (Å²) in [6, 6.07) is 6.67. The summed E-state index contributed by atoms with van der Waals surface area (Å²) in [6.07, 6.45) is 3.66. The molecule has 3 heteroatoms. The molecule has 1 heterocycles. The molecule has 1 aliphatic rings. The maximum absolute atomic E-state index is 6.67. The second-order valence-corrected chi connectivity index (χ2v) is 7.00. The number of hydrogen-bond donors (Lipinski definition) is 1. The Hall–Kier alpha value is -1.32. The minimum atomic E-state index is 0.0725. The number of hydrogen-bond acceptors (Lipinski definition) is 3. The summed E-state index contributed by atoms with van der Waals surface area (Å²) < 4.78 is 5.41. The molecule has 1 aromatic heterocycles. The molecule has 2 nitrogen and oxygen atoms in total. The standard InChI is InChI=1S/C18H23NOS/c1-11-10-16(20-3)12(2)9-15(11)18(19)14-5-4-6-17-13(14)7-8-21-17/h7-10,14,18H,4-6,19H2,1-3H3. The fraction of sp³-hybridized carbons (Fsp3) is 0.444. The maximum atomic E-state index is 6.67. The molecule has 0 saturated heterocycles. The third-order valence-electron chi connectivity index (χ3n) is 4.67. The van der Waals surface area contributed by atoms with Crippen LogP contribution in [0.25, 0.3) is 0 Å². The third kappa shape index (κ3) is 2.60. The van der Waals surface area contributed by atoms with Crippen LogP contribution >= 0.6 is 11.3 Å². The Bertz CT molecular complexity index is 647. The Kier molecular flexibility index (Phi) is 4.05. The molecule has 0 saturated carbocycles. The van der Waals surface area contributed by atoms with Gasteiger partial charge in [-0.3, -0.25) is 0 Å². The fourth-order valence-electron chi connectivity index (χ4n) is 3.50. The second kappa shape index (κ2) is 5.82. The Morgan fingerprint density at radius 3 is 2.86 bits per heavy atom. The van der Waals surface area contributed by atoms with Crippen molar-refractivity contribution in [3.63, 3.8) is 0 Å². The van der Waals surface area contributed by atoms with Gasteiger partial charge in [-0.05, 0) is 72.9 Å². The van der Waals surface area contributed by atoms with E-state index in [1.165, 1.54) is 40.8 Å². The fourth-order valence-corrected chi connectivity index (χ4v) is 4.50. The second-order valence-electron chi connectivity index (χ2n) is 6.00. The van der Waals surface area contributed by atoms with Crippen LogP contribution in [0.3, 0.4) is 0 Å². The summed E-state index contributed by atoms with van der Waals surface area (Å²) in [6.45, 7) is 4.22. The first kappa shape index (κ1) is 14.6. The van der Waals surface area contributed by atoms with E-state index < -0.39 is 0 Å². The molecule has 3 rings (SSSR count). The molecule has 2 unspecified atom stereocenters. The van der Waals surface area contributed by atoms with Crippen molar-refractivity contribution in [2.45, 2.75) is 45.1 Å². The van der Waals surface area contributed by atoms with Gasteiger partial charge in [0.1, 0.15) is 5.75 Å². The van der Waals surface area contributed by atoms with E-state index in [1.807, 2.05) is 11.3 Å².